The second-order valence-electron chi connectivity index (χ2n) is 4.28. The molecule has 1 aliphatic rings. The number of hydrogen-bond acceptors (Lipinski definition) is 6. The zero-order chi connectivity index (χ0) is 12.3. The van der Waals surface area contributed by atoms with E-state index in [2.05, 4.69) is 4.98 Å². The van der Waals surface area contributed by atoms with Crippen LogP contribution in [0.3, 0.4) is 0 Å². The average Bonchev–Trinajstić information content (AvgIpc) is 2.81. The van der Waals surface area contributed by atoms with Gasteiger partial charge < -0.3 is 10.5 Å². The van der Waals surface area contributed by atoms with Crippen molar-refractivity contribution in [1.29, 1.82) is 0 Å². The molecule has 4 nitrogen and oxygen atoms in total. The highest BCUT2D eigenvalue weighted by atomic mass is 32.2. The first-order valence-corrected chi connectivity index (χ1v) is 7.33. The number of hydrogen-bond donors (Lipinski definition) is 1. The van der Waals surface area contributed by atoms with E-state index in [1.807, 2.05) is 5.38 Å². The Labute approximate surface area is 109 Å². The number of methoxy groups -OCH3 is 1. The van der Waals surface area contributed by atoms with Crippen molar-refractivity contribution >= 4 is 29.1 Å². The van der Waals surface area contributed by atoms with Gasteiger partial charge in [-0.15, -0.1) is 11.3 Å². The molecular formula is C11H16N2O2S2. The summed E-state index contributed by atoms with van der Waals surface area (Å²) in [5.74, 6) is -0.290. The molecule has 0 spiro atoms. The standard InChI is InChI=1S/C11H16N2O2S2/c1-15-9(14)11(12)4-2-3-8(7-11)17-10-13-5-6-16-10/h5-6,8H,2-4,7,12H2,1H3. The van der Waals surface area contributed by atoms with Gasteiger partial charge in [-0.05, 0) is 25.7 Å². The maximum absolute atomic E-state index is 11.7. The third-order valence-electron chi connectivity index (χ3n) is 3.01. The number of aromatic nitrogens is 1. The molecule has 0 aliphatic heterocycles. The fraction of sp³-hybridized carbons (Fsp3) is 0.636. The molecule has 2 rings (SSSR count). The predicted molar refractivity (Wildman–Crippen MR) is 69.2 cm³/mol. The van der Waals surface area contributed by atoms with Crippen molar-refractivity contribution in [2.24, 2.45) is 5.73 Å². The normalized spacial score (nSPS) is 28.9. The second-order valence-corrected chi connectivity index (χ2v) is 6.72. The summed E-state index contributed by atoms with van der Waals surface area (Å²) >= 11 is 3.35. The number of carbonyl (C=O) groups is 1. The lowest BCUT2D eigenvalue weighted by molar-refractivity contribution is -0.148. The fourth-order valence-corrected chi connectivity index (χ4v) is 4.39. The Morgan fingerprint density at radius 1 is 1.76 bits per heavy atom. The first-order valence-electron chi connectivity index (χ1n) is 5.57. The van der Waals surface area contributed by atoms with Crippen LogP contribution >= 0.6 is 23.1 Å². The highest BCUT2D eigenvalue weighted by Crippen LogP contribution is 2.38. The highest BCUT2D eigenvalue weighted by Gasteiger charge is 2.40. The van der Waals surface area contributed by atoms with Crippen molar-refractivity contribution in [3.8, 4) is 0 Å². The molecule has 0 radical (unpaired) electrons. The lowest BCUT2D eigenvalue weighted by Crippen LogP contribution is -2.52. The number of rotatable bonds is 3. The van der Waals surface area contributed by atoms with Crippen LogP contribution in [-0.2, 0) is 9.53 Å². The number of nitrogens with two attached hydrogens (primary N) is 1. The highest BCUT2D eigenvalue weighted by molar-refractivity contribution is 8.01. The van der Waals surface area contributed by atoms with Crippen LogP contribution in [0.2, 0.25) is 0 Å². The van der Waals surface area contributed by atoms with E-state index in [0.717, 1.165) is 17.2 Å². The Balaban J connectivity index is 1.99. The third-order valence-corrected chi connectivity index (χ3v) is 5.19. The Bertz CT molecular complexity index is 383. The minimum Gasteiger partial charge on any atom is -0.468 e. The van der Waals surface area contributed by atoms with E-state index in [9.17, 15) is 4.79 Å². The summed E-state index contributed by atoms with van der Waals surface area (Å²) in [4.78, 5) is 15.9. The van der Waals surface area contributed by atoms with Crippen molar-refractivity contribution in [3.63, 3.8) is 0 Å². The Morgan fingerprint density at radius 3 is 3.24 bits per heavy atom. The number of thiazole rings is 1. The van der Waals surface area contributed by atoms with E-state index in [1.165, 1.54) is 7.11 Å². The monoisotopic (exact) mass is 272 g/mol. The number of carbonyl (C=O) groups excluding carboxylic acids is 1. The van der Waals surface area contributed by atoms with E-state index >= 15 is 0 Å². The van der Waals surface area contributed by atoms with E-state index in [4.69, 9.17) is 10.5 Å². The van der Waals surface area contributed by atoms with Crippen molar-refractivity contribution in [3.05, 3.63) is 11.6 Å². The second kappa shape index (κ2) is 5.37. The molecule has 17 heavy (non-hydrogen) atoms. The van der Waals surface area contributed by atoms with Gasteiger partial charge in [-0.25, -0.2) is 4.98 Å². The van der Waals surface area contributed by atoms with Gasteiger partial charge in [0.05, 0.1) is 7.11 Å². The van der Waals surface area contributed by atoms with Crippen molar-refractivity contribution in [1.82, 2.24) is 4.98 Å². The van der Waals surface area contributed by atoms with Crippen molar-refractivity contribution in [2.45, 2.75) is 40.8 Å². The molecule has 2 N–H and O–H groups in total. The molecule has 0 bridgehead atoms. The van der Waals surface area contributed by atoms with Crippen LogP contribution in [0.15, 0.2) is 15.9 Å². The van der Waals surface area contributed by atoms with Crippen molar-refractivity contribution < 1.29 is 9.53 Å². The van der Waals surface area contributed by atoms with Crippen molar-refractivity contribution in [2.75, 3.05) is 7.11 Å². The molecular weight excluding hydrogens is 256 g/mol. The largest absolute Gasteiger partial charge is 0.468 e. The summed E-state index contributed by atoms with van der Waals surface area (Å²) in [5.41, 5.74) is 5.32. The molecule has 2 atom stereocenters. The third kappa shape index (κ3) is 3.00. The Kier molecular flexibility index (Phi) is 4.06. The van der Waals surface area contributed by atoms with E-state index in [1.54, 1.807) is 29.3 Å². The van der Waals surface area contributed by atoms with Crippen LogP contribution in [0.1, 0.15) is 25.7 Å². The van der Waals surface area contributed by atoms with Gasteiger partial charge in [0.2, 0.25) is 0 Å². The number of esters is 1. The van der Waals surface area contributed by atoms with Gasteiger partial charge in [0, 0.05) is 16.8 Å². The molecule has 6 heteroatoms. The first kappa shape index (κ1) is 12.9. The molecule has 0 amide bonds. The topological polar surface area (TPSA) is 65.2 Å². The number of ether oxygens (including phenoxy) is 1. The maximum Gasteiger partial charge on any atom is 0.325 e. The van der Waals surface area contributed by atoms with Gasteiger partial charge in [-0.3, -0.25) is 4.79 Å². The summed E-state index contributed by atoms with van der Waals surface area (Å²) in [5, 5.41) is 2.32. The van der Waals surface area contributed by atoms with Gasteiger partial charge >= 0.3 is 5.97 Å². The minimum absolute atomic E-state index is 0.290. The lowest BCUT2D eigenvalue weighted by Gasteiger charge is -2.34. The van der Waals surface area contributed by atoms with Crippen LogP contribution in [-0.4, -0.2) is 28.9 Å². The van der Waals surface area contributed by atoms with Crippen LogP contribution in [0.4, 0.5) is 0 Å². The van der Waals surface area contributed by atoms with Crippen LogP contribution in [0, 0.1) is 0 Å². The minimum atomic E-state index is -0.804. The zero-order valence-electron chi connectivity index (χ0n) is 9.72. The molecule has 0 aromatic carbocycles. The molecule has 2 unspecified atom stereocenters. The van der Waals surface area contributed by atoms with Crippen LogP contribution in [0.5, 0.6) is 0 Å². The van der Waals surface area contributed by atoms with E-state index in [-0.39, 0.29) is 5.97 Å². The van der Waals surface area contributed by atoms with Crippen LogP contribution < -0.4 is 5.73 Å². The van der Waals surface area contributed by atoms with Gasteiger partial charge in [0.15, 0.2) is 0 Å². The van der Waals surface area contributed by atoms with Gasteiger partial charge in [-0.1, -0.05) is 11.8 Å². The van der Waals surface area contributed by atoms with Gasteiger partial charge in [-0.2, -0.15) is 0 Å². The molecule has 94 valence electrons. The molecule has 1 saturated carbocycles. The van der Waals surface area contributed by atoms with Gasteiger partial charge in [0.25, 0.3) is 0 Å². The first-order chi connectivity index (χ1) is 8.14. The van der Waals surface area contributed by atoms with Crippen LogP contribution in [0.25, 0.3) is 0 Å². The summed E-state index contributed by atoms with van der Waals surface area (Å²) in [6, 6.07) is 0. The molecule has 0 saturated heterocycles. The fourth-order valence-electron chi connectivity index (χ4n) is 2.16. The smallest absolute Gasteiger partial charge is 0.325 e. The number of thioether (sulfide) groups is 1. The maximum atomic E-state index is 11.7. The Morgan fingerprint density at radius 2 is 2.59 bits per heavy atom. The quantitative estimate of drug-likeness (QED) is 0.853. The lowest BCUT2D eigenvalue weighted by atomic mass is 9.82. The SMILES string of the molecule is COC(=O)C1(N)CCCC(Sc2nccs2)C1. The zero-order valence-corrected chi connectivity index (χ0v) is 11.4. The predicted octanol–water partition coefficient (Wildman–Crippen LogP) is 2.05. The summed E-state index contributed by atoms with van der Waals surface area (Å²) in [6.45, 7) is 0. The molecule has 1 aromatic rings. The summed E-state index contributed by atoms with van der Waals surface area (Å²) in [6.07, 6.45) is 5.24. The van der Waals surface area contributed by atoms with E-state index in [0.29, 0.717) is 18.1 Å². The molecule has 1 heterocycles. The Hall–Kier alpha value is -0.590. The molecule has 1 aliphatic carbocycles. The van der Waals surface area contributed by atoms with Gasteiger partial charge in [0.1, 0.15) is 9.88 Å². The summed E-state index contributed by atoms with van der Waals surface area (Å²) < 4.78 is 5.84. The molecule has 1 fully saturated rings. The van der Waals surface area contributed by atoms with E-state index < -0.39 is 5.54 Å². The average molecular weight is 272 g/mol. The molecule has 1 aromatic heterocycles. The summed E-state index contributed by atoms with van der Waals surface area (Å²) in [7, 11) is 1.40. The number of nitrogens with zero attached hydrogens (tertiary/aromatic N) is 1.